The SMILES string of the molecule is Cc1noc(-c2ccc(-c3ccc(C(C)OC(=O)C4CC4)cc3)cc2)c1Nc1cccc(-c2cccc(F)c2C)n1. The molecule has 0 bridgehead atoms. The van der Waals surface area contributed by atoms with E-state index in [-0.39, 0.29) is 23.8 Å². The van der Waals surface area contributed by atoms with E-state index in [1.807, 2.05) is 86.6 Å². The lowest BCUT2D eigenvalue weighted by Crippen LogP contribution is -2.10. The molecular formula is C34H30FN3O3. The predicted octanol–water partition coefficient (Wildman–Crippen LogP) is 8.58. The normalized spacial score (nSPS) is 13.6. The van der Waals surface area contributed by atoms with Crippen LogP contribution in [0.15, 0.2) is 89.5 Å². The summed E-state index contributed by atoms with van der Waals surface area (Å²) in [6.07, 6.45) is 1.60. The number of esters is 1. The highest BCUT2D eigenvalue weighted by Crippen LogP contribution is 2.36. The second kappa shape index (κ2) is 11.0. The molecule has 0 aliphatic heterocycles. The van der Waals surface area contributed by atoms with Crippen molar-refractivity contribution in [2.75, 3.05) is 5.32 Å². The van der Waals surface area contributed by atoms with Crippen molar-refractivity contribution in [1.29, 1.82) is 0 Å². The van der Waals surface area contributed by atoms with E-state index in [4.69, 9.17) is 14.2 Å². The van der Waals surface area contributed by atoms with Crippen LogP contribution in [0.2, 0.25) is 0 Å². The third-order valence-electron chi connectivity index (χ3n) is 7.47. The number of benzene rings is 3. The number of carbonyl (C=O) groups excluding carboxylic acids is 1. The minimum absolute atomic E-state index is 0.0880. The van der Waals surface area contributed by atoms with E-state index in [0.29, 0.717) is 28.5 Å². The second-order valence-corrected chi connectivity index (χ2v) is 10.5. The van der Waals surface area contributed by atoms with Gasteiger partial charge in [-0.05, 0) is 74.1 Å². The third kappa shape index (κ3) is 5.61. The zero-order valence-corrected chi connectivity index (χ0v) is 23.1. The number of rotatable bonds is 8. The molecule has 7 heteroatoms. The van der Waals surface area contributed by atoms with Crippen molar-refractivity contribution in [3.63, 3.8) is 0 Å². The molecule has 41 heavy (non-hydrogen) atoms. The van der Waals surface area contributed by atoms with Gasteiger partial charge in [0.05, 0.1) is 11.6 Å². The number of pyridine rings is 1. The van der Waals surface area contributed by atoms with Gasteiger partial charge in [-0.25, -0.2) is 9.37 Å². The van der Waals surface area contributed by atoms with Gasteiger partial charge in [-0.15, -0.1) is 0 Å². The van der Waals surface area contributed by atoms with Crippen LogP contribution in [0.5, 0.6) is 0 Å². The molecule has 6 rings (SSSR count). The van der Waals surface area contributed by atoms with Gasteiger partial charge in [0, 0.05) is 11.1 Å². The molecule has 0 amide bonds. The molecule has 1 unspecified atom stereocenters. The van der Waals surface area contributed by atoms with Crippen molar-refractivity contribution in [2.24, 2.45) is 5.92 Å². The van der Waals surface area contributed by atoms with Crippen LogP contribution in [-0.2, 0) is 9.53 Å². The van der Waals surface area contributed by atoms with Gasteiger partial charge >= 0.3 is 5.97 Å². The summed E-state index contributed by atoms with van der Waals surface area (Å²) >= 11 is 0. The Hall–Kier alpha value is -4.78. The van der Waals surface area contributed by atoms with Crippen molar-refractivity contribution < 1.29 is 18.4 Å². The van der Waals surface area contributed by atoms with Gasteiger partial charge in [0.1, 0.15) is 29.1 Å². The van der Waals surface area contributed by atoms with Crippen LogP contribution in [0.25, 0.3) is 33.7 Å². The van der Waals surface area contributed by atoms with E-state index in [1.54, 1.807) is 13.0 Å². The zero-order valence-electron chi connectivity index (χ0n) is 23.1. The summed E-state index contributed by atoms with van der Waals surface area (Å²) in [6, 6.07) is 26.7. The zero-order chi connectivity index (χ0) is 28.5. The molecule has 5 aromatic rings. The molecule has 0 spiro atoms. The largest absolute Gasteiger partial charge is 0.458 e. The maximum Gasteiger partial charge on any atom is 0.309 e. The average molecular weight is 548 g/mol. The topological polar surface area (TPSA) is 77.2 Å². The Kier molecular flexibility index (Phi) is 7.10. The first-order chi connectivity index (χ1) is 19.9. The number of halogens is 1. The molecule has 0 radical (unpaired) electrons. The summed E-state index contributed by atoms with van der Waals surface area (Å²) in [5.74, 6) is 0.935. The molecule has 0 saturated heterocycles. The molecule has 1 fully saturated rings. The summed E-state index contributed by atoms with van der Waals surface area (Å²) in [5, 5.41) is 7.54. The first-order valence-electron chi connectivity index (χ1n) is 13.7. The number of aryl methyl sites for hydroxylation is 1. The molecule has 3 aromatic carbocycles. The van der Waals surface area contributed by atoms with Crippen LogP contribution in [0.3, 0.4) is 0 Å². The Balaban J connectivity index is 1.19. The summed E-state index contributed by atoms with van der Waals surface area (Å²) in [7, 11) is 0. The molecule has 2 heterocycles. The fourth-order valence-corrected chi connectivity index (χ4v) is 4.80. The van der Waals surface area contributed by atoms with Gasteiger partial charge in [0.25, 0.3) is 0 Å². The molecule has 2 aromatic heterocycles. The maximum absolute atomic E-state index is 14.1. The lowest BCUT2D eigenvalue weighted by molar-refractivity contribution is -0.150. The van der Waals surface area contributed by atoms with Crippen LogP contribution in [0.1, 0.15) is 42.7 Å². The number of nitrogens with zero attached hydrogens (tertiary/aromatic N) is 2. The lowest BCUT2D eigenvalue weighted by atomic mass is 10.0. The maximum atomic E-state index is 14.1. The van der Waals surface area contributed by atoms with Gasteiger partial charge in [0.15, 0.2) is 5.76 Å². The van der Waals surface area contributed by atoms with Crippen molar-refractivity contribution in [2.45, 2.75) is 39.7 Å². The smallest absolute Gasteiger partial charge is 0.309 e. The van der Waals surface area contributed by atoms with E-state index in [0.717, 1.165) is 46.3 Å². The predicted molar refractivity (Wildman–Crippen MR) is 157 cm³/mol. The minimum Gasteiger partial charge on any atom is -0.458 e. The van der Waals surface area contributed by atoms with Crippen LogP contribution >= 0.6 is 0 Å². The van der Waals surface area contributed by atoms with Crippen LogP contribution in [-0.4, -0.2) is 16.1 Å². The molecule has 1 aliphatic rings. The van der Waals surface area contributed by atoms with E-state index in [1.165, 1.54) is 6.07 Å². The quantitative estimate of drug-likeness (QED) is 0.196. The van der Waals surface area contributed by atoms with Crippen LogP contribution in [0, 0.1) is 25.6 Å². The Morgan fingerprint density at radius 1 is 0.927 bits per heavy atom. The molecule has 6 nitrogen and oxygen atoms in total. The Bertz CT molecular complexity index is 1710. The van der Waals surface area contributed by atoms with E-state index in [2.05, 4.69) is 10.5 Å². The first-order valence-corrected chi connectivity index (χ1v) is 13.7. The lowest BCUT2D eigenvalue weighted by Gasteiger charge is -2.14. The van der Waals surface area contributed by atoms with E-state index in [9.17, 15) is 9.18 Å². The Morgan fingerprint density at radius 2 is 1.59 bits per heavy atom. The van der Waals surface area contributed by atoms with Gasteiger partial charge in [-0.3, -0.25) is 4.79 Å². The molecule has 1 aliphatic carbocycles. The highest BCUT2D eigenvalue weighted by Gasteiger charge is 2.32. The first kappa shape index (κ1) is 26.4. The van der Waals surface area contributed by atoms with Crippen molar-refractivity contribution in [3.8, 4) is 33.7 Å². The number of hydrogen-bond acceptors (Lipinski definition) is 6. The number of ether oxygens (including phenoxy) is 1. The van der Waals surface area contributed by atoms with Gasteiger partial charge in [0.2, 0.25) is 0 Å². The standard InChI is InChI=1S/C34H30FN3O3/c1-20-28(6-4-7-29(20)35)30-8-5-9-31(36-30)37-32-21(2)38-41-33(32)26-16-14-25(15-17-26)24-12-10-23(11-13-24)22(3)40-34(39)27-18-19-27/h4-17,22,27H,18-19H2,1-3H3,(H,36,37). The molecule has 206 valence electrons. The van der Waals surface area contributed by atoms with Crippen molar-refractivity contribution in [3.05, 3.63) is 108 Å². The van der Waals surface area contributed by atoms with Crippen LogP contribution in [0.4, 0.5) is 15.9 Å². The number of aromatic nitrogens is 2. The van der Waals surface area contributed by atoms with Gasteiger partial charge in [-0.1, -0.05) is 71.9 Å². The molecular weight excluding hydrogens is 517 g/mol. The minimum atomic E-state index is -0.270. The molecule has 1 saturated carbocycles. The van der Waals surface area contributed by atoms with E-state index >= 15 is 0 Å². The number of nitrogens with one attached hydrogen (secondary N) is 1. The third-order valence-corrected chi connectivity index (χ3v) is 7.47. The van der Waals surface area contributed by atoms with E-state index < -0.39 is 0 Å². The fraction of sp³-hybridized carbons (Fsp3) is 0.206. The summed E-state index contributed by atoms with van der Waals surface area (Å²) < 4.78 is 25.4. The highest BCUT2D eigenvalue weighted by molar-refractivity contribution is 5.80. The summed E-state index contributed by atoms with van der Waals surface area (Å²) in [5.41, 5.74) is 7.34. The summed E-state index contributed by atoms with van der Waals surface area (Å²) in [4.78, 5) is 16.7. The molecule has 1 atom stereocenters. The van der Waals surface area contributed by atoms with Crippen molar-refractivity contribution >= 4 is 17.5 Å². The number of anilines is 2. The number of hydrogen-bond donors (Lipinski definition) is 1. The van der Waals surface area contributed by atoms with Crippen molar-refractivity contribution in [1.82, 2.24) is 10.1 Å². The fourth-order valence-electron chi connectivity index (χ4n) is 4.80. The molecule has 1 N–H and O–H groups in total. The average Bonchev–Trinajstić information content (AvgIpc) is 3.79. The van der Waals surface area contributed by atoms with Gasteiger partial charge in [-0.2, -0.15) is 0 Å². The number of carbonyl (C=O) groups is 1. The highest BCUT2D eigenvalue weighted by atomic mass is 19.1. The Morgan fingerprint density at radius 3 is 2.29 bits per heavy atom. The summed E-state index contributed by atoms with van der Waals surface area (Å²) in [6.45, 7) is 5.53. The monoisotopic (exact) mass is 547 g/mol. The van der Waals surface area contributed by atoms with Gasteiger partial charge < -0.3 is 14.6 Å². The Labute approximate surface area is 238 Å². The van der Waals surface area contributed by atoms with Crippen LogP contribution < -0.4 is 5.32 Å². The second-order valence-electron chi connectivity index (χ2n) is 10.5.